The van der Waals surface area contributed by atoms with E-state index in [0.717, 1.165) is 18.5 Å². The third-order valence-corrected chi connectivity index (χ3v) is 3.70. The molecule has 0 radical (unpaired) electrons. The van der Waals surface area contributed by atoms with Crippen LogP contribution in [0.3, 0.4) is 0 Å². The van der Waals surface area contributed by atoms with Gasteiger partial charge in [0.1, 0.15) is 11.6 Å². The molecule has 114 valence electrons. The predicted molar refractivity (Wildman–Crippen MR) is 83.1 cm³/mol. The molecular formula is C16H23N3O2. The van der Waals surface area contributed by atoms with Gasteiger partial charge in [0.25, 0.3) is 5.69 Å². The van der Waals surface area contributed by atoms with Crippen LogP contribution < -0.4 is 5.32 Å². The minimum atomic E-state index is -0.508. The molecule has 2 atom stereocenters. The Morgan fingerprint density at radius 1 is 1.38 bits per heavy atom. The van der Waals surface area contributed by atoms with E-state index in [4.69, 9.17) is 5.26 Å². The van der Waals surface area contributed by atoms with Gasteiger partial charge in [-0.05, 0) is 37.4 Å². The zero-order chi connectivity index (χ0) is 16.0. The van der Waals surface area contributed by atoms with Crippen LogP contribution in [0.4, 0.5) is 5.69 Å². The number of nitrogens with one attached hydrogen (secondary N) is 1. The van der Waals surface area contributed by atoms with Gasteiger partial charge < -0.3 is 5.32 Å². The molecule has 2 unspecified atom stereocenters. The summed E-state index contributed by atoms with van der Waals surface area (Å²) in [5.41, 5.74) is 0.979. The summed E-state index contributed by atoms with van der Waals surface area (Å²) in [6.07, 6.45) is 1.05. The van der Waals surface area contributed by atoms with Crippen molar-refractivity contribution in [2.75, 3.05) is 6.54 Å². The maximum Gasteiger partial charge on any atom is 0.287 e. The van der Waals surface area contributed by atoms with Gasteiger partial charge in [0.05, 0.1) is 4.92 Å². The number of rotatable bonds is 7. The average Bonchev–Trinajstić information content (AvgIpc) is 2.44. The summed E-state index contributed by atoms with van der Waals surface area (Å²) in [7, 11) is 0. The summed E-state index contributed by atoms with van der Waals surface area (Å²) in [6, 6.07) is 7.05. The number of nitriles is 1. The standard InChI is InChI=1S/C16H23N3O2/c1-5-8-18-12(4)16(11(2)3)13-6-7-15(19(20)21)14(9-13)10-17/h6-7,9,11-12,16,18H,5,8H2,1-4H3. The second-order valence-electron chi connectivity index (χ2n) is 5.66. The van der Waals surface area contributed by atoms with Crippen molar-refractivity contribution < 1.29 is 4.92 Å². The van der Waals surface area contributed by atoms with E-state index in [1.807, 2.05) is 6.07 Å². The molecule has 0 aliphatic carbocycles. The maximum absolute atomic E-state index is 10.9. The van der Waals surface area contributed by atoms with Crippen LogP contribution in [0.1, 0.15) is 51.2 Å². The van der Waals surface area contributed by atoms with Crippen molar-refractivity contribution >= 4 is 5.69 Å². The second-order valence-corrected chi connectivity index (χ2v) is 5.66. The van der Waals surface area contributed by atoms with E-state index in [0.29, 0.717) is 5.92 Å². The van der Waals surface area contributed by atoms with Crippen molar-refractivity contribution in [2.24, 2.45) is 5.92 Å². The Hall–Kier alpha value is -1.93. The summed E-state index contributed by atoms with van der Waals surface area (Å²) < 4.78 is 0. The molecule has 0 amide bonds. The van der Waals surface area contributed by atoms with Crippen molar-refractivity contribution in [3.63, 3.8) is 0 Å². The van der Waals surface area contributed by atoms with Gasteiger partial charge in [-0.2, -0.15) is 5.26 Å². The zero-order valence-electron chi connectivity index (χ0n) is 13.1. The van der Waals surface area contributed by atoms with E-state index in [2.05, 4.69) is 33.0 Å². The van der Waals surface area contributed by atoms with Gasteiger partial charge in [0.2, 0.25) is 0 Å². The fraction of sp³-hybridized carbons (Fsp3) is 0.562. The molecule has 0 spiro atoms. The predicted octanol–water partition coefficient (Wildman–Crippen LogP) is 3.59. The highest BCUT2D eigenvalue weighted by atomic mass is 16.6. The van der Waals surface area contributed by atoms with E-state index >= 15 is 0 Å². The summed E-state index contributed by atoms with van der Waals surface area (Å²) in [5.74, 6) is 0.585. The summed E-state index contributed by atoms with van der Waals surface area (Å²) in [5, 5.41) is 23.5. The highest BCUT2D eigenvalue weighted by molar-refractivity contribution is 5.51. The van der Waals surface area contributed by atoms with Gasteiger partial charge in [-0.15, -0.1) is 0 Å². The zero-order valence-corrected chi connectivity index (χ0v) is 13.1. The largest absolute Gasteiger partial charge is 0.314 e. The molecule has 0 aliphatic heterocycles. The fourth-order valence-corrected chi connectivity index (χ4v) is 2.76. The highest BCUT2D eigenvalue weighted by Crippen LogP contribution is 2.31. The third kappa shape index (κ3) is 4.27. The molecule has 1 aromatic rings. The lowest BCUT2D eigenvalue weighted by atomic mass is 9.82. The smallest absolute Gasteiger partial charge is 0.287 e. The van der Waals surface area contributed by atoms with Crippen LogP contribution in [-0.4, -0.2) is 17.5 Å². The molecule has 0 saturated carbocycles. The first-order valence-electron chi connectivity index (χ1n) is 7.34. The van der Waals surface area contributed by atoms with Gasteiger partial charge in [0.15, 0.2) is 0 Å². The third-order valence-electron chi connectivity index (χ3n) is 3.70. The van der Waals surface area contributed by atoms with Crippen molar-refractivity contribution in [1.29, 1.82) is 5.26 Å². The van der Waals surface area contributed by atoms with Crippen LogP contribution in [0.5, 0.6) is 0 Å². The quantitative estimate of drug-likeness (QED) is 0.614. The second kappa shape index (κ2) is 7.75. The van der Waals surface area contributed by atoms with Gasteiger partial charge in [0, 0.05) is 18.0 Å². The summed E-state index contributed by atoms with van der Waals surface area (Å²) in [4.78, 5) is 10.4. The summed E-state index contributed by atoms with van der Waals surface area (Å²) in [6.45, 7) is 9.42. The minimum absolute atomic E-state index is 0.127. The highest BCUT2D eigenvalue weighted by Gasteiger charge is 2.24. The first kappa shape index (κ1) is 17.1. The van der Waals surface area contributed by atoms with E-state index < -0.39 is 4.92 Å². The number of benzene rings is 1. The van der Waals surface area contributed by atoms with Crippen molar-refractivity contribution in [2.45, 2.75) is 46.1 Å². The van der Waals surface area contributed by atoms with Crippen LogP contribution in [0.15, 0.2) is 18.2 Å². The number of hydrogen-bond acceptors (Lipinski definition) is 4. The van der Waals surface area contributed by atoms with Crippen molar-refractivity contribution in [3.8, 4) is 6.07 Å². The Kier molecular flexibility index (Phi) is 6.32. The Morgan fingerprint density at radius 2 is 2.05 bits per heavy atom. The van der Waals surface area contributed by atoms with Crippen LogP contribution in [-0.2, 0) is 0 Å². The first-order chi connectivity index (χ1) is 9.92. The topological polar surface area (TPSA) is 79.0 Å². The van der Waals surface area contributed by atoms with E-state index in [1.54, 1.807) is 12.1 Å². The maximum atomic E-state index is 10.9. The van der Waals surface area contributed by atoms with Crippen LogP contribution in [0.2, 0.25) is 0 Å². The molecule has 5 heteroatoms. The molecule has 5 nitrogen and oxygen atoms in total. The first-order valence-corrected chi connectivity index (χ1v) is 7.34. The minimum Gasteiger partial charge on any atom is -0.314 e. The molecule has 0 bridgehead atoms. The number of nitro groups is 1. The number of nitro benzene ring substituents is 1. The Morgan fingerprint density at radius 3 is 2.52 bits per heavy atom. The Bertz CT molecular complexity index is 535. The lowest BCUT2D eigenvalue weighted by Gasteiger charge is -2.29. The molecule has 21 heavy (non-hydrogen) atoms. The van der Waals surface area contributed by atoms with E-state index in [1.165, 1.54) is 6.07 Å². The van der Waals surface area contributed by atoms with Gasteiger partial charge in [-0.25, -0.2) is 0 Å². The van der Waals surface area contributed by atoms with Gasteiger partial charge in [-0.3, -0.25) is 10.1 Å². The number of nitrogens with zero attached hydrogens (tertiary/aromatic N) is 2. The molecule has 1 rings (SSSR count). The average molecular weight is 289 g/mol. The fourth-order valence-electron chi connectivity index (χ4n) is 2.76. The van der Waals surface area contributed by atoms with Crippen LogP contribution in [0.25, 0.3) is 0 Å². The lowest BCUT2D eigenvalue weighted by Crippen LogP contribution is -2.35. The summed E-state index contributed by atoms with van der Waals surface area (Å²) >= 11 is 0. The Labute approximate surface area is 126 Å². The molecule has 0 saturated heterocycles. The molecule has 0 fully saturated rings. The van der Waals surface area contributed by atoms with Gasteiger partial charge >= 0.3 is 0 Å². The lowest BCUT2D eigenvalue weighted by molar-refractivity contribution is -0.385. The van der Waals surface area contributed by atoms with Crippen LogP contribution >= 0.6 is 0 Å². The monoisotopic (exact) mass is 289 g/mol. The molecule has 1 N–H and O–H groups in total. The van der Waals surface area contributed by atoms with Gasteiger partial charge in [-0.1, -0.05) is 26.8 Å². The van der Waals surface area contributed by atoms with Crippen molar-refractivity contribution in [1.82, 2.24) is 5.32 Å². The van der Waals surface area contributed by atoms with E-state index in [9.17, 15) is 10.1 Å². The molecule has 0 aromatic heterocycles. The molecular weight excluding hydrogens is 266 g/mol. The molecule has 1 aromatic carbocycles. The number of hydrogen-bond donors (Lipinski definition) is 1. The van der Waals surface area contributed by atoms with Crippen LogP contribution in [0, 0.1) is 27.4 Å². The Balaban J connectivity index is 3.15. The van der Waals surface area contributed by atoms with E-state index in [-0.39, 0.29) is 23.2 Å². The van der Waals surface area contributed by atoms with Crippen molar-refractivity contribution in [3.05, 3.63) is 39.4 Å². The normalized spacial score (nSPS) is 13.7. The SMILES string of the molecule is CCCNC(C)C(c1ccc([N+](=O)[O-])c(C#N)c1)C(C)C. The molecule has 0 heterocycles. The molecule has 0 aliphatic rings.